The molecular formula is C12H14F3N3O4. The number of nitrogens with two attached hydrogens (primary N) is 1. The summed E-state index contributed by atoms with van der Waals surface area (Å²) in [5.41, 5.74) is 4.68. The molecular weight excluding hydrogens is 307 g/mol. The molecule has 0 unspecified atom stereocenters. The highest BCUT2D eigenvalue weighted by molar-refractivity contribution is 6.05. The molecule has 0 aliphatic rings. The molecule has 122 valence electrons. The number of hydrogen-bond acceptors (Lipinski definition) is 6. The number of ether oxygens (including phenoxy) is 2. The van der Waals surface area contributed by atoms with Crippen LogP contribution in [0.15, 0.2) is 12.3 Å². The van der Waals surface area contributed by atoms with Crippen molar-refractivity contribution >= 4 is 11.8 Å². The van der Waals surface area contributed by atoms with Gasteiger partial charge in [-0.15, -0.1) is 0 Å². The number of nitrogens with zero attached hydrogens (tertiary/aromatic N) is 1. The van der Waals surface area contributed by atoms with Gasteiger partial charge in [0.25, 0.3) is 5.91 Å². The zero-order chi connectivity index (χ0) is 16.8. The van der Waals surface area contributed by atoms with Gasteiger partial charge in [0, 0.05) is 12.3 Å². The average Bonchev–Trinajstić information content (AvgIpc) is 2.45. The van der Waals surface area contributed by atoms with E-state index in [2.05, 4.69) is 9.72 Å². The Morgan fingerprint density at radius 2 is 2.05 bits per heavy atom. The Morgan fingerprint density at radius 1 is 1.36 bits per heavy atom. The van der Waals surface area contributed by atoms with Crippen LogP contribution in [0.25, 0.3) is 0 Å². The molecule has 10 heteroatoms. The van der Waals surface area contributed by atoms with Crippen LogP contribution in [0.5, 0.6) is 11.5 Å². The number of rotatable bonds is 6. The van der Waals surface area contributed by atoms with E-state index in [-0.39, 0.29) is 23.8 Å². The smallest absolute Gasteiger partial charge is 0.422 e. The molecule has 0 fully saturated rings. The molecule has 0 bridgehead atoms. The van der Waals surface area contributed by atoms with Gasteiger partial charge in [0.15, 0.2) is 23.8 Å². The van der Waals surface area contributed by atoms with Crippen LogP contribution in [-0.4, -0.2) is 42.7 Å². The lowest BCUT2D eigenvalue weighted by molar-refractivity contribution is -0.153. The minimum atomic E-state index is -4.55. The highest BCUT2D eigenvalue weighted by atomic mass is 19.4. The van der Waals surface area contributed by atoms with Crippen molar-refractivity contribution in [2.75, 3.05) is 19.8 Å². The van der Waals surface area contributed by atoms with E-state index in [9.17, 15) is 22.8 Å². The van der Waals surface area contributed by atoms with Crippen LogP contribution in [0, 0.1) is 0 Å². The number of nitrogens with one attached hydrogen (secondary N) is 1. The summed E-state index contributed by atoms with van der Waals surface area (Å²) in [7, 11) is 0. The van der Waals surface area contributed by atoms with Crippen molar-refractivity contribution < 1.29 is 32.2 Å². The normalized spacial score (nSPS) is 11.0. The van der Waals surface area contributed by atoms with E-state index in [0.29, 0.717) is 0 Å². The number of amides is 2. The number of halogens is 3. The molecule has 0 atom stereocenters. The first-order valence-electron chi connectivity index (χ1n) is 6.14. The van der Waals surface area contributed by atoms with Crippen LogP contribution < -0.4 is 20.5 Å². The summed E-state index contributed by atoms with van der Waals surface area (Å²) in [6.45, 7) is -0.369. The van der Waals surface area contributed by atoms with Crippen molar-refractivity contribution in [3.63, 3.8) is 0 Å². The van der Waals surface area contributed by atoms with E-state index < -0.39 is 31.1 Å². The minimum Gasteiger partial charge on any atom is -0.488 e. The van der Waals surface area contributed by atoms with Crippen molar-refractivity contribution in [1.82, 2.24) is 10.3 Å². The van der Waals surface area contributed by atoms with Crippen LogP contribution >= 0.6 is 0 Å². The molecule has 0 spiro atoms. The predicted octanol–water partition coefficient (Wildman–Crippen LogP) is 0.636. The quantitative estimate of drug-likeness (QED) is 0.797. The van der Waals surface area contributed by atoms with Gasteiger partial charge in [-0.1, -0.05) is 0 Å². The van der Waals surface area contributed by atoms with Crippen LogP contribution in [0.1, 0.15) is 17.4 Å². The summed E-state index contributed by atoms with van der Waals surface area (Å²) in [5, 5.41) is 1.92. The SMILES string of the molecule is CCOc1c(OCC(F)(F)F)ccnc1C(=O)NC(=O)CN. The molecule has 3 N–H and O–H groups in total. The Kier molecular flexibility index (Phi) is 6.11. The number of imide groups is 1. The van der Waals surface area contributed by atoms with Crippen LogP contribution in [0.2, 0.25) is 0 Å². The highest BCUT2D eigenvalue weighted by Gasteiger charge is 2.30. The molecule has 1 rings (SSSR count). The fourth-order valence-corrected chi connectivity index (χ4v) is 1.39. The Hall–Kier alpha value is -2.36. The van der Waals surface area contributed by atoms with Gasteiger partial charge in [0.2, 0.25) is 5.91 Å². The molecule has 0 saturated heterocycles. The Labute approximate surface area is 123 Å². The molecule has 1 aromatic rings. The molecule has 0 aliphatic heterocycles. The van der Waals surface area contributed by atoms with Gasteiger partial charge >= 0.3 is 6.18 Å². The third-order valence-corrected chi connectivity index (χ3v) is 2.20. The van der Waals surface area contributed by atoms with Crippen molar-refractivity contribution in [1.29, 1.82) is 0 Å². The molecule has 0 radical (unpaired) electrons. The molecule has 0 aliphatic carbocycles. The van der Waals surface area contributed by atoms with Gasteiger partial charge in [-0.05, 0) is 6.92 Å². The molecule has 1 heterocycles. The summed E-state index contributed by atoms with van der Waals surface area (Å²) in [5.74, 6) is -2.30. The maximum atomic E-state index is 12.2. The molecule has 0 saturated carbocycles. The zero-order valence-electron chi connectivity index (χ0n) is 11.6. The third kappa shape index (κ3) is 5.20. The van der Waals surface area contributed by atoms with Crippen LogP contribution in [0.4, 0.5) is 13.2 Å². The van der Waals surface area contributed by atoms with Gasteiger partial charge in [-0.2, -0.15) is 13.2 Å². The highest BCUT2D eigenvalue weighted by Crippen LogP contribution is 2.31. The van der Waals surface area contributed by atoms with E-state index in [4.69, 9.17) is 10.5 Å². The van der Waals surface area contributed by atoms with Crippen LogP contribution in [-0.2, 0) is 4.79 Å². The van der Waals surface area contributed by atoms with E-state index >= 15 is 0 Å². The first-order chi connectivity index (χ1) is 10.3. The van der Waals surface area contributed by atoms with Gasteiger partial charge in [-0.3, -0.25) is 14.9 Å². The standard InChI is InChI=1S/C12H14F3N3O4/c1-2-21-10-7(22-6-12(13,14)15)3-4-17-9(10)11(20)18-8(19)5-16/h3-4H,2,5-6,16H2,1H3,(H,18,19,20). The molecule has 1 aromatic heterocycles. The van der Waals surface area contributed by atoms with Gasteiger partial charge in [0.1, 0.15) is 0 Å². The maximum Gasteiger partial charge on any atom is 0.422 e. The number of hydrogen-bond donors (Lipinski definition) is 2. The van der Waals surface area contributed by atoms with Gasteiger partial charge < -0.3 is 15.2 Å². The number of aromatic nitrogens is 1. The Bertz CT molecular complexity index is 549. The number of alkyl halides is 3. The van der Waals surface area contributed by atoms with E-state index in [0.717, 1.165) is 12.3 Å². The lowest BCUT2D eigenvalue weighted by atomic mass is 10.2. The van der Waals surface area contributed by atoms with Gasteiger partial charge in [-0.25, -0.2) is 4.98 Å². The second-order valence-electron chi connectivity index (χ2n) is 3.91. The fraction of sp³-hybridized carbons (Fsp3) is 0.417. The van der Waals surface area contributed by atoms with E-state index in [1.165, 1.54) is 0 Å². The van der Waals surface area contributed by atoms with Crippen molar-refractivity contribution in [2.24, 2.45) is 5.73 Å². The average molecular weight is 321 g/mol. The topological polar surface area (TPSA) is 104 Å². The van der Waals surface area contributed by atoms with Gasteiger partial charge in [0.05, 0.1) is 13.2 Å². The maximum absolute atomic E-state index is 12.2. The molecule has 22 heavy (non-hydrogen) atoms. The second-order valence-corrected chi connectivity index (χ2v) is 3.91. The zero-order valence-corrected chi connectivity index (χ0v) is 11.6. The lowest BCUT2D eigenvalue weighted by Crippen LogP contribution is -2.36. The molecule has 7 nitrogen and oxygen atoms in total. The number of carbonyl (C=O) groups is 2. The van der Waals surface area contributed by atoms with E-state index in [1.54, 1.807) is 6.92 Å². The summed E-state index contributed by atoms with van der Waals surface area (Å²) in [6.07, 6.45) is -3.49. The summed E-state index contributed by atoms with van der Waals surface area (Å²) >= 11 is 0. The van der Waals surface area contributed by atoms with Crippen molar-refractivity contribution in [2.45, 2.75) is 13.1 Å². The summed E-state index contributed by atoms with van der Waals surface area (Å²) in [6, 6.07) is 1.12. The minimum absolute atomic E-state index is 0.0547. The summed E-state index contributed by atoms with van der Waals surface area (Å²) < 4.78 is 46.4. The Balaban J connectivity index is 3.06. The summed E-state index contributed by atoms with van der Waals surface area (Å²) in [4.78, 5) is 26.7. The van der Waals surface area contributed by atoms with Crippen molar-refractivity contribution in [3.8, 4) is 11.5 Å². The first kappa shape index (κ1) is 17.7. The number of carbonyl (C=O) groups excluding carboxylic acids is 2. The van der Waals surface area contributed by atoms with E-state index in [1.807, 2.05) is 5.32 Å². The van der Waals surface area contributed by atoms with Crippen molar-refractivity contribution in [3.05, 3.63) is 18.0 Å². The predicted molar refractivity (Wildman–Crippen MR) is 68.5 cm³/mol. The number of pyridine rings is 1. The molecule has 0 aromatic carbocycles. The monoisotopic (exact) mass is 321 g/mol. The second kappa shape index (κ2) is 7.59. The first-order valence-corrected chi connectivity index (χ1v) is 6.14. The van der Waals surface area contributed by atoms with Crippen LogP contribution in [0.3, 0.4) is 0 Å². The third-order valence-electron chi connectivity index (χ3n) is 2.20. The molecule has 2 amide bonds. The lowest BCUT2D eigenvalue weighted by Gasteiger charge is -2.15. The Morgan fingerprint density at radius 3 is 2.59 bits per heavy atom. The largest absolute Gasteiger partial charge is 0.488 e. The fourth-order valence-electron chi connectivity index (χ4n) is 1.39.